The molecule has 0 radical (unpaired) electrons. The predicted octanol–water partition coefficient (Wildman–Crippen LogP) is 3.12. The van der Waals surface area contributed by atoms with Crippen molar-refractivity contribution in [2.75, 3.05) is 26.7 Å². The summed E-state index contributed by atoms with van der Waals surface area (Å²) in [6, 6.07) is 5.88. The van der Waals surface area contributed by atoms with Crippen molar-refractivity contribution in [3.05, 3.63) is 62.8 Å². The molecule has 0 spiro atoms. The monoisotopic (exact) mass is 556 g/mol. The smallest absolute Gasteiger partial charge is 0.356 e. The van der Waals surface area contributed by atoms with Gasteiger partial charge in [0.05, 0.1) is 23.0 Å². The van der Waals surface area contributed by atoms with E-state index < -0.39 is 22.9 Å². The Bertz CT molecular complexity index is 1180. The van der Waals surface area contributed by atoms with E-state index >= 15 is 0 Å². The van der Waals surface area contributed by atoms with Gasteiger partial charge in [-0.3, -0.25) is 19.8 Å². The molecule has 4 heterocycles. The molecule has 5 rings (SSSR count). The lowest BCUT2D eigenvalue weighted by Crippen LogP contribution is -2.63. The first-order chi connectivity index (χ1) is 18.7. The zero-order valence-corrected chi connectivity index (χ0v) is 23.4. The van der Waals surface area contributed by atoms with Crippen LogP contribution < -0.4 is 0 Å². The van der Waals surface area contributed by atoms with Crippen molar-refractivity contribution < 1.29 is 24.4 Å². The molecule has 1 N–H and O–H groups in total. The summed E-state index contributed by atoms with van der Waals surface area (Å²) in [7, 11) is 2.12. The van der Waals surface area contributed by atoms with Gasteiger partial charge in [-0.05, 0) is 57.1 Å². The quantitative estimate of drug-likeness (QED) is 0.212. The van der Waals surface area contributed by atoms with Gasteiger partial charge < -0.3 is 19.6 Å². The second kappa shape index (κ2) is 11.3. The average molecular weight is 557 g/mol. The number of hydrogen-bond acceptors (Lipinski definition) is 9. The maximum Gasteiger partial charge on any atom is 0.356 e. The minimum atomic E-state index is -0.805. The minimum Gasteiger partial charge on any atom is -0.456 e. The molecule has 10 nitrogen and oxygen atoms in total. The number of carbonyl (C=O) groups excluding carboxylic acids is 2. The van der Waals surface area contributed by atoms with Gasteiger partial charge >= 0.3 is 5.97 Å². The fraction of sp³-hybridized carbons (Fsp3) is 0.571. The molecule has 4 aliphatic rings. The normalized spacial score (nSPS) is 29.7. The SMILES string of the molecule is C[C@@H](O)[C@H]1C(=O)N2C(C(=O)OCc3ccc([N+](=O)[O-])cc3)=C(S[C@H]3C[C@@H](/C=C/N4CCCC4)N(C)C3)[C@H](C)[C@H]12. The number of carbonyl (C=O) groups is 2. The Morgan fingerprint density at radius 1 is 1.28 bits per heavy atom. The first-order valence-electron chi connectivity index (χ1n) is 13.6. The third kappa shape index (κ3) is 5.44. The number of fused-ring (bicyclic) bond motifs is 1. The Balaban J connectivity index is 1.32. The number of aliphatic hydroxyl groups excluding tert-OH is 1. The highest BCUT2D eigenvalue weighted by atomic mass is 32.2. The summed E-state index contributed by atoms with van der Waals surface area (Å²) in [6.45, 7) is 6.65. The molecule has 3 saturated heterocycles. The van der Waals surface area contributed by atoms with Crippen molar-refractivity contribution in [3.63, 3.8) is 0 Å². The van der Waals surface area contributed by atoms with E-state index in [2.05, 4.69) is 29.1 Å². The number of esters is 1. The summed E-state index contributed by atoms with van der Waals surface area (Å²) in [5, 5.41) is 21.5. The number of hydrogen-bond donors (Lipinski definition) is 1. The van der Waals surface area contributed by atoms with Gasteiger partial charge in [0.15, 0.2) is 0 Å². The molecular weight excluding hydrogens is 520 g/mol. The molecule has 11 heteroatoms. The van der Waals surface area contributed by atoms with Crippen molar-refractivity contribution in [2.24, 2.45) is 11.8 Å². The highest BCUT2D eigenvalue weighted by molar-refractivity contribution is 8.03. The first kappa shape index (κ1) is 27.7. The summed E-state index contributed by atoms with van der Waals surface area (Å²) in [6.07, 6.45) is 7.10. The van der Waals surface area contributed by atoms with E-state index in [9.17, 15) is 24.8 Å². The molecule has 6 atom stereocenters. The number of non-ortho nitro benzene ring substituents is 1. The molecule has 1 aromatic rings. The number of likely N-dealkylation sites (N-methyl/N-ethyl adjacent to an activating group) is 1. The maximum absolute atomic E-state index is 13.4. The fourth-order valence-corrected chi connectivity index (χ4v) is 7.79. The fourth-order valence-electron chi connectivity index (χ4n) is 6.18. The molecule has 1 amide bonds. The van der Waals surface area contributed by atoms with Crippen molar-refractivity contribution >= 4 is 29.3 Å². The van der Waals surface area contributed by atoms with Gasteiger partial charge in [-0.1, -0.05) is 13.0 Å². The van der Waals surface area contributed by atoms with Crippen LogP contribution >= 0.6 is 11.8 Å². The number of β-lactam (4-membered cyclic amide) rings is 1. The first-order valence-corrected chi connectivity index (χ1v) is 14.5. The molecule has 0 aliphatic carbocycles. The summed E-state index contributed by atoms with van der Waals surface area (Å²) in [5.74, 6) is -1.48. The number of nitrogens with zero attached hydrogens (tertiary/aromatic N) is 4. The van der Waals surface area contributed by atoms with Crippen LogP contribution in [0.4, 0.5) is 5.69 Å². The largest absolute Gasteiger partial charge is 0.456 e. The molecule has 0 bridgehead atoms. The summed E-state index contributed by atoms with van der Waals surface area (Å²) in [5.41, 5.74) is 0.859. The number of nitro benzene ring substituents is 1. The van der Waals surface area contributed by atoms with Crippen molar-refractivity contribution in [3.8, 4) is 0 Å². The van der Waals surface area contributed by atoms with Gasteiger partial charge in [-0.2, -0.15) is 0 Å². The van der Waals surface area contributed by atoms with Crippen LogP contribution in [0.25, 0.3) is 0 Å². The Morgan fingerprint density at radius 2 is 1.97 bits per heavy atom. The molecule has 0 unspecified atom stereocenters. The van der Waals surface area contributed by atoms with Crippen LogP contribution in [-0.4, -0.2) is 86.7 Å². The number of benzene rings is 1. The number of ether oxygens (including phenoxy) is 1. The number of thioether (sulfide) groups is 1. The zero-order chi connectivity index (χ0) is 27.8. The predicted molar refractivity (Wildman–Crippen MR) is 147 cm³/mol. The van der Waals surface area contributed by atoms with Crippen LogP contribution in [0.5, 0.6) is 0 Å². The third-order valence-electron chi connectivity index (χ3n) is 8.33. The highest BCUT2D eigenvalue weighted by Gasteiger charge is 2.60. The molecule has 4 aliphatic heterocycles. The molecule has 210 valence electrons. The average Bonchev–Trinajstić information content (AvgIpc) is 3.60. The number of rotatable bonds is 9. The standard InChI is InChI=1S/C28H36N4O6S/c1-17-24-23(18(2)33)27(34)31(24)25(28(35)38-16-19-6-8-20(9-7-19)32(36)37)26(17)39-22-14-21(29(3)15-22)10-13-30-11-4-5-12-30/h6-10,13,17-18,21-24,33H,4-5,11-12,14-16H2,1-3H3/b13-10+/t17-,18-,21-,22+,23-,24-/m1/s1. The summed E-state index contributed by atoms with van der Waals surface area (Å²) < 4.78 is 5.63. The van der Waals surface area contributed by atoms with E-state index in [0.717, 1.165) is 31.0 Å². The maximum atomic E-state index is 13.4. The van der Waals surface area contributed by atoms with Crippen LogP contribution in [0.15, 0.2) is 47.1 Å². The second-order valence-electron chi connectivity index (χ2n) is 11.0. The van der Waals surface area contributed by atoms with Gasteiger partial charge in [-0.25, -0.2) is 4.79 Å². The van der Waals surface area contributed by atoms with Crippen LogP contribution in [0, 0.1) is 22.0 Å². The minimum absolute atomic E-state index is 0.0376. The lowest BCUT2D eigenvalue weighted by molar-refractivity contribution is -0.384. The molecule has 0 saturated carbocycles. The molecule has 3 fully saturated rings. The van der Waals surface area contributed by atoms with Crippen molar-refractivity contribution in [1.29, 1.82) is 0 Å². The van der Waals surface area contributed by atoms with Crippen molar-refractivity contribution in [1.82, 2.24) is 14.7 Å². The lowest BCUT2D eigenvalue weighted by Gasteiger charge is -2.46. The van der Waals surface area contributed by atoms with E-state index in [-0.39, 0.29) is 41.1 Å². The summed E-state index contributed by atoms with van der Waals surface area (Å²) >= 11 is 1.65. The Morgan fingerprint density at radius 3 is 2.62 bits per heavy atom. The molecule has 0 aromatic heterocycles. The Kier molecular flexibility index (Phi) is 8.02. The number of aliphatic hydroxyl groups is 1. The van der Waals surface area contributed by atoms with E-state index in [1.54, 1.807) is 30.8 Å². The van der Waals surface area contributed by atoms with E-state index in [4.69, 9.17) is 4.74 Å². The molecule has 39 heavy (non-hydrogen) atoms. The number of amides is 1. The molecule has 1 aromatic carbocycles. The van der Waals surface area contributed by atoms with Gasteiger partial charge in [0.1, 0.15) is 12.3 Å². The third-order valence-corrected chi connectivity index (χ3v) is 9.83. The number of nitro groups is 1. The van der Waals surface area contributed by atoms with Crippen LogP contribution in [0.3, 0.4) is 0 Å². The lowest BCUT2D eigenvalue weighted by atomic mass is 9.79. The molecular formula is C28H36N4O6S. The zero-order valence-electron chi connectivity index (χ0n) is 22.6. The second-order valence-corrected chi connectivity index (χ2v) is 12.4. The van der Waals surface area contributed by atoms with Gasteiger partial charge in [0.25, 0.3) is 5.69 Å². The Hall–Kier alpha value is -2.89. The van der Waals surface area contributed by atoms with E-state index in [1.807, 2.05) is 6.92 Å². The van der Waals surface area contributed by atoms with Gasteiger partial charge in [0, 0.05) is 53.9 Å². The number of likely N-dealkylation sites (tertiary alicyclic amines) is 2. The van der Waals surface area contributed by atoms with Crippen molar-refractivity contribution in [2.45, 2.75) is 63.2 Å². The van der Waals surface area contributed by atoms with E-state index in [0.29, 0.717) is 11.6 Å². The van der Waals surface area contributed by atoms with Gasteiger partial charge in [-0.15, -0.1) is 11.8 Å². The highest BCUT2D eigenvalue weighted by Crippen LogP contribution is 2.52. The van der Waals surface area contributed by atoms with E-state index in [1.165, 1.54) is 29.9 Å². The van der Waals surface area contributed by atoms with Gasteiger partial charge in [0.2, 0.25) is 5.91 Å². The van der Waals surface area contributed by atoms with Crippen LogP contribution in [0.1, 0.15) is 38.7 Å². The van der Waals surface area contributed by atoms with Crippen LogP contribution in [-0.2, 0) is 20.9 Å². The topological polar surface area (TPSA) is 116 Å². The Labute approximate surface area is 232 Å². The van der Waals surface area contributed by atoms with Crippen LogP contribution in [0.2, 0.25) is 0 Å². The summed E-state index contributed by atoms with van der Waals surface area (Å²) in [4.78, 5) is 44.0.